The molecule has 1 aromatic carbocycles. The molecule has 0 aliphatic heterocycles. The van der Waals surface area contributed by atoms with E-state index >= 15 is 0 Å². The quantitative estimate of drug-likeness (QED) is 0.823. The zero-order chi connectivity index (χ0) is 13.7. The zero-order valence-electron chi connectivity index (χ0n) is 11.6. The van der Waals surface area contributed by atoms with E-state index < -0.39 is 0 Å². The van der Waals surface area contributed by atoms with Crippen LogP contribution in [-0.2, 0) is 11.3 Å². The molecule has 0 atom stereocenters. The summed E-state index contributed by atoms with van der Waals surface area (Å²) in [6.07, 6.45) is 4.43. The Kier molecular flexibility index (Phi) is 4.93. The Morgan fingerprint density at radius 2 is 2.05 bits per heavy atom. The van der Waals surface area contributed by atoms with Gasteiger partial charge < -0.3 is 16.0 Å². The molecule has 0 aromatic heterocycles. The predicted octanol–water partition coefficient (Wildman–Crippen LogP) is 1.96. The average molecular weight is 261 g/mol. The first-order chi connectivity index (χ1) is 9.19. The highest BCUT2D eigenvalue weighted by Gasteiger charge is 2.21. The SMILES string of the molecule is CN(CCC(=O)Nc1ccc(CN)cc1)C1CCC1. The van der Waals surface area contributed by atoms with Gasteiger partial charge in [0.2, 0.25) is 5.91 Å². The summed E-state index contributed by atoms with van der Waals surface area (Å²) in [6, 6.07) is 8.37. The van der Waals surface area contributed by atoms with Crippen molar-refractivity contribution in [3.05, 3.63) is 29.8 Å². The van der Waals surface area contributed by atoms with E-state index in [9.17, 15) is 4.79 Å². The predicted molar refractivity (Wildman–Crippen MR) is 77.8 cm³/mol. The number of nitrogens with one attached hydrogen (secondary N) is 1. The van der Waals surface area contributed by atoms with Crippen LogP contribution < -0.4 is 11.1 Å². The summed E-state index contributed by atoms with van der Waals surface area (Å²) in [5, 5.41) is 2.92. The molecule has 4 heteroatoms. The Hall–Kier alpha value is -1.39. The Balaban J connectivity index is 1.73. The second-order valence-corrected chi connectivity index (χ2v) is 5.26. The van der Waals surface area contributed by atoms with Crippen LogP contribution in [0.4, 0.5) is 5.69 Å². The van der Waals surface area contributed by atoms with Crippen molar-refractivity contribution in [3.8, 4) is 0 Å². The molecule has 2 rings (SSSR count). The van der Waals surface area contributed by atoms with Crippen molar-refractivity contribution < 1.29 is 4.79 Å². The van der Waals surface area contributed by atoms with E-state index in [0.717, 1.165) is 17.8 Å². The summed E-state index contributed by atoms with van der Waals surface area (Å²) in [5.41, 5.74) is 7.45. The van der Waals surface area contributed by atoms with E-state index in [0.29, 0.717) is 19.0 Å². The van der Waals surface area contributed by atoms with Crippen LogP contribution in [0, 0.1) is 0 Å². The maximum Gasteiger partial charge on any atom is 0.225 e. The number of hydrogen-bond acceptors (Lipinski definition) is 3. The van der Waals surface area contributed by atoms with Gasteiger partial charge in [-0.1, -0.05) is 18.6 Å². The van der Waals surface area contributed by atoms with Crippen molar-refractivity contribution in [2.75, 3.05) is 18.9 Å². The van der Waals surface area contributed by atoms with Crippen LogP contribution in [-0.4, -0.2) is 30.4 Å². The molecule has 0 bridgehead atoms. The molecule has 4 nitrogen and oxygen atoms in total. The lowest BCUT2D eigenvalue weighted by atomic mass is 9.92. The number of carbonyl (C=O) groups excluding carboxylic acids is 1. The molecule has 1 amide bonds. The molecular formula is C15H23N3O. The van der Waals surface area contributed by atoms with E-state index in [-0.39, 0.29) is 5.91 Å². The molecule has 1 saturated carbocycles. The third-order valence-corrected chi connectivity index (χ3v) is 3.86. The van der Waals surface area contributed by atoms with Crippen molar-refractivity contribution in [1.29, 1.82) is 0 Å². The largest absolute Gasteiger partial charge is 0.326 e. The monoisotopic (exact) mass is 261 g/mol. The number of carbonyl (C=O) groups is 1. The van der Waals surface area contributed by atoms with Gasteiger partial charge in [0.25, 0.3) is 0 Å². The molecule has 0 heterocycles. The van der Waals surface area contributed by atoms with E-state index in [4.69, 9.17) is 5.73 Å². The van der Waals surface area contributed by atoms with Gasteiger partial charge in [0.05, 0.1) is 0 Å². The Morgan fingerprint density at radius 1 is 1.37 bits per heavy atom. The highest BCUT2D eigenvalue weighted by molar-refractivity contribution is 5.90. The van der Waals surface area contributed by atoms with Gasteiger partial charge in [0.15, 0.2) is 0 Å². The second kappa shape index (κ2) is 6.68. The third-order valence-electron chi connectivity index (χ3n) is 3.86. The smallest absolute Gasteiger partial charge is 0.225 e. The van der Waals surface area contributed by atoms with Gasteiger partial charge in [0.1, 0.15) is 0 Å². The number of benzene rings is 1. The summed E-state index contributed by atoms with van der Waals surface area (Å²) in [5.74, 6) is 0.0756. The minimum atomic E-state index is 0.0756. The van der Waals surface area contributed by atoms with Crippen molar-refractivity contribution in [2.45, 2.75) is 38.3 Å². The lowest BCUT2D eigenvalue weighted by molar-refractivity contribution is -0.116. The molecule has 0 unspecified atom stereocenters. The molecule has 1 aliphatic rings. The van der Waals surface area contributed by atoms with Gasteiger partial charge in [-0.25, -0.2) is 0 Å². The first-order valence-corrected chi connectivity index (χ1v) is 6.98. The highest BCUT2D eigenvalue weighted by Crippen LogP contribution is 2.23. The van der Waals surface area contributed by atoms with Crippen LogP contribution in [0.25, 0.3) is 0 Å². The number of rotatable bonds is 6. The van der Waals surface area contributed by atoms with E-state index in [1.807, 2.05) is 24.3 Å². The molecule has 1 aromatic rings. The first-order valence-electron chi connectivity index (χ1n) is 6.98. The zero-order valence-corrected chi connectivity index (χ0v) is 11.6. The summed E-state index contributed by atoms with van der Waals surface area (Å²) >= 11 is 0. The van der Waals surface area contributed by atoms with Crippen molar-refractivity contribution in [1.82, 2.24) is 4.90 Å². The van der Waals surface area contributed by atoms with Crippen LogP contribution in [0.1, 0.15) is 31.2 Å². The first kappa shape index (κ1) is 14.0. The van der Waals surface area contributed by atoms with Crippen LogP contribution in [0.3, 0.4) is 0 Å². The number of amides is 1. The Morgan fingerprint density at radius 3 is 2.58 bits per heavy atom. The van der Waals surface area contributed by atoms with Gasteiger partial charge in [-0.15, -0.1) is 0 Å². The van der Waals surface area contributed by atoms with Gasteiger partial charge in [-0.05, 0) is 37.6 Å². The maximum atomic E-state index is 11.8. The number of hydrogen-bond donors (Lipinski definition) is 2. The topological polar surface area (TPSA) is 58.4 Å². The fourth-order valence-corrected chi connectivity index (χ4v) is 2.24. The molecule has 3 N–H and O–H groups in total. The standard InChI is InChI=1S/C15H23N3O/c1-18(14-3-2-4-14)10-9-15(19)17-13-7-5-12(11-16)6-8-13/h5-8,14H,2-4,9-11,16H2,1H3,(H,17,19). The van der Waals surface area contributed by atoms with Crippen LogP contribution in [0.2, 0.25) is 0 Å². The molecule has 0 saturated heterocycles. The molecule has 1 fully saturated rings. The van der Waals surface area contributed by atoms with Crippen LogP contribution in [0.15, 0.2) is 24.3 Å². The van der Waals surface area contributed by atoms with Gasteiger partial charge >= 0.3 is 0 Å². The maximum absolute atomic E-state index is 11.8. The lowest BCUT2D eigenvalue weighted by Gasteiger charge is -2.34. The summed E-state index contributed by atoms with van der Waals surface area (Å²) in [6.45, 7) is 1.36. The fourth-order valence-electron chi connectivity index (χ4n) is 2.24. The summed E-state index contributed by atoms with van der Waals surface area (Å²) < 4.78 is 0. The molecule has 1 aliphatic carbocycles. The summed E-state index contributed by atoms with van der Waals surface area (Å²) in [4.78, 5) is 14.1. The normalized spacial score (nSPS) is 15.3. The van der Waals surface area contributed by atoms with Gasteiger partial charge in [-0.3, -0.25) is 4.79 Å². The average Bonchev–Trinajstić information content (AvgIpc) is 2.35. The highest BCUT2D eigenvalue weighted by atomic mass is 16.1. The Bertz CT molecular complexity index is 412. The van der Waals surface area contributed by atoms with E-state index in [1.54, 1.807) is 0 Å². The number of anilines is 1. The number of nitrogens with zero attached hydrogens (tertiary/aromatic N) is 1. The van der Waals surface area contributed by atoms with Crippen LogP contribution >= 0.6 is 0 Å². The van der Waals surface area contributed by atoms with Gasteiger partial charge in [-0.2, -0.15) is 0 Å². The molecule has 104 valence electrons. The molecule has 0 spiro atoms. The lowest BCUT2D eigenvalue weighted by Crippen LogP contribution is -2.38. The minimum Gasteiger partial charge on any atom is -0.326 e. The van der Waals surface area contributed by atoms with E-state index in [2.05, 4.69) is 17.3 Å². The van der Waals surface area contributed by atoms with Crippen molar-refractivity contribution in [3.63, 3.8) is 0 Å². The molecular weight excluding hydrogens is 238 g/mol. The second-order valence-electron chi connectivity index (χ2n) is 5.26. The molecule has 0 radical (unpaired) electrons. The van der Waals surface area contributed by atoms with Crippen LogP contribution in [0.5, 0.6) is 0 Å². The third kappa shape index (κ3) is 4.04. The Labute approximate surface area is 115 Å². The summed E-state index contributed by atoms with van der Waals surface area (Å²) in [7, 11) is 2.10. The minimum absolute atomic E-state index is 0.0756. The fraction of sp³-hybridized carbons (Fsp3) is 0.533. The van der Waals surface area contributed by atoms with E-state index in [1.165, 1.54) is 19.3 Å². The number of nitrogens with two attached hydrogens (primary N) is 1. The van der Waals surface area contributed by atoms with Crippen molar-refractivity contribution >= 4 is 11.6 Å². The van der Waals surface area contributed by atoms with Crippen molar-refractivity contribution in [2.24, 2.45) is 5.73 Å². The van der Waals surface area contributed by atoms with Gasteiger partial charge in [0, 0.05) is 31.2 Å². The molecule has 19 heavy (non-hydrogen) atoms.